The third-order valence-corrected chi connectivity index (χ3v) is 2.61. The lowest BCUT2D eigenvalue weighted by atomic mass is 10.0. The smallest absolute Gasteiger partial charge is 0.153 e. The van der Waals surface area contributed by atoms with Gasteiger partial charge in [-0.1, -0.05) is 12.1 Å². The molecule has 0 aliphatic heterocycles. The van der Waals surface area contributed by atoms with E-state index in [1.165, 1.54) is 0 Å². The topological polar surface area (TPSA) is 39.2 Å². The second-order valence-corrected chi connectivity index (χ2v) is 3.76. The highest BCUT2D eigenvalue weighted by Crippen LogP contribution is 2.25. The van der Waals surface area contributed by atoms with Gasteiger partial charge in [-0.15, -0.1) is 0 Å². The normalized spacial score (nSPS) is 10.0. The van der Waals surface area contributed by atoms with E-state index in [-0.39, 0.29) is 0 Å². The zero-order chi connectivity index (χ0) is 12.3. The van der Waals surface area contributed by atoms with Gasteiger partial charge in [-0.2, -0.15) is 0 Å². The number of aromatic nitrogens is 1. The van der Waals surface area contributed by atoms with Crippen molar-refractivity contribution in [3.05, 3.63) is 47.8 Å². The molecular formula is C14H13NO2. The molecule has 0 saturated carbocycles. The summed E-state index contributed by atoms with van der Waals surface area (Å²) in [4.78, 5) is 15.0. The van der Waals surface area contributed by atoms with Crippen molar-refractivity contribution in [2.24, 2.45) is 0 Å². The van der Waals surface area contributed by atoms with Gasteiger partial charge in [0.15, 0.2) is 6.29 Å². The first kappa shape index (κ1) is 11.3. The Labute approximate surface area is 100 Å². The van der Waals surface area contributed by atoms with Crippen LogP contribution in [-0.4, -0.2) is 18.4 Å². The van der Waals surface area contributed by atoms with Crippen LogP contribution in [0.2, 0.25) is 0 Å². The fraction of sp³-hybridized carbons (Fsp3) is 0.143. The number of hydrogen-bond acceptors (Lipinski definition) is 3. The molecule has 0 saturated heterocycles. The minimum absolute atomic E-state index is 0.552. The van der Waals surface area contributed by atoms with Gasteiger partial charge < -0.3 is 4.74 Å². The molecule has 17 heavy (non-hydrogen) atoms. The number of carbonyl (C=O) groups excluding carboxylic acids is 1. The molecule has 3 nitrogen and oxygen atoms in total. The van der Waals surface area contributed by atoms with Gasteiger partial charge in [-0.25, -0.2) is 0 Å². The van der Waals surface area contributed by atoms with Gasteiger partial charge in [0, 0.05) is 17.5 Å². The van der Waals surface area contributed by atoms with E-state index in [1.54, 1.807) is 13.2 Å². The Morgan fingerprint density at radius 3 is 2.53 bits per heavy atom. The van der Waals surface area contributed by atoms with E-state index in [4.69, 9.17) is 4.74 Å². The van der Waals surface area contributed by atoms with Crippen LogP contribution in [0.4, 0.5) is 0 Å². The molecule has 3 heteroatoms. The van der Waals surface area contributed by atoms with E-state index in [2.05, 4.69) is 4.98 Å². The van der Waals surface area contributed by atoms with Crippen molar-refractivity contribution in [3.8, 4) is 16.9 Å². The fourth-order valence-electron chi connectivity index (χ4n) is 1.63. The monoisotopic (exact) mass is 227 g/mol. The maximum atomic E-state index is 10.8. The van der Waals surface area contributed by atoms with Gasteiger partial charge in [-0.3, -0.25) is 9.78 Å². The van der Waals surface area contributed by atoms with Gasteiger partial charge in [0.1, 0.15) is 5.75 Å². The Bertz CT molecular complexity index is 532. The predicted octanol–water partition coefficient (Wildman–Crippen LogP) is 2.88. The van der Waals surface area contributed by atoms with Crippen LogP contribution >= 0.6 is 0 Å². The highest BCUT2D eigenvalue weighted by Gasteiger charge is 2.05. The Kier molecular flexibility index (Phi) is 3.19. The summed E-state index contributed by atoms with van der Waals surface area (Å²) in [5.41, 5.74) is 3.52. The number of carbonyl (C=O) groups is 1. The molecule has 86 valence electrons. The molecule has 0 aliphatic rings. The first-order valence-corrected chi connectivity index (χ1v) is 5.31. The SMILES string of the molecule is COc1cc(-c2ccc(C)nc2)ccc1C=O. The number of pyridine rings is 1. The van der Waals surface area contributed by atoms with Crippen molar-refractivity contribution in [2.75, 3.05) is 7.11 Å². The van der Waals surface area contributed by atoms with E-state index >= 15 is 0 Å². The maximum Gasteiger partial charge on any atom is 0.153 e. The van der Waals surface area contributed by atoms with Crippen LogP contribution < -0.4 is 4.74 Å². The molecule has 1 aromatic heterocycles. The molecule has 0 aliphatic carbocycles. The third kappa shape index (κ3) is 2.33. The standard InChI is InChI=1S/C14H13NO2/c1-10-3-4-12(8-15-10)11-5-6-13(9-16)14(7-11)17-2/h3-9H,1-2H3. The van der Waals surface area contributed by atoms with Gasteiger partial charge in [0.05, 0.1) is 12.7 Å². The van der Waals surface area contributed by atoms with Crippen molar-refractivity contribution in [1.82, 2.24) is 4.98 Å². The molecule has 0 fully saturated rings. The summed E-state index contributed by atoms with van der Waals surface area (Å²) in [5, 5.41) is 0. The highest BCUT2D eigenvalue weighted by molar-refractivity contribution is 5.81. The molecule has 1 aromatic carbocycles. The maximum absolute atomic E-state index is 10.8. The molecule has 0 amide bonds. The van der Waals surface area contributed by atoms with Crippen LogP contribution in [0.1, 0.15) is 16.1 Å². The average molecular weight is 227 g/mol. The van der Waals surface area contributed by atoms with Crippen molar-refractivity contribution in [2.45, 2.75) is 6.92 Å². The molecule has 0 unspecified atom stereocenters. The number of hydrogen-bond donors (Lipinski definition) is 0. The number of methoxy groups -OCH3 is 1. The Balaban J connectivity index is 2.46. The van der Waals surface area contributed by atoms with Crippen LogP contribution in [0.25, 0.3) is 11.1 Å². The summed E-state index contributed by atoms with van der Waals surface area (Å²) in [5.74, 6) is 0.582. The van der Waals surface area contributed by atoms with Gasteiger partial charge in [-0.05, 0) is 30.7 Å². The quantitative estimate of drug-likeness (QED) is 0.757. The van der Waals surface area contributed by atoms with Crippen LogP contribution in [0.15, 0.2) is 36.5 Å². The molecule has 0 bridgehead atoms. The predicted molar refractivity (Wildman–Crippen MR) is 66.3 cm³/mol. The zero-order valence-electron chi connectivity index (χ0n) is 9.81. The van der Waals surface area contributed by atoms with E-state index in [0.717, 1.165) is 23.1 Å². The zero-order valence-corrected chi connectivity index (χ0v) is 9.81. The highest BCUT2D eigenvalue weighted by atomic mass is 16.5. The Hall–Kier alpha value is -2.16. The first-order valence-electron chi connectivity index (χ1n) is 5.31. The molecule has 1 heterocycles. The molecular weight excluding hydrogens is 214 g/mol. The van der Waals surface area contributed by atoms with E-state index in [1.807, 2.05) is 37.4 Å². The second-order valence-electron chi connectivity index (χ2n) is 3.76. The lowest BCUT2D eigenvalue weighted by Crippen LogP contribution is -1.91. The van der Waals surface area contributed by atoms with E-state index in [0.29, 0.717) is 11.3 Å². The molecule has 0 radical (unpaired) electrons. The van der Waals surface area contributed by atoms with E-state index in [9.17, 15) is 4.79 Å². The summed E-state index contributed by atoms with van der Waals surface area (Å²) in [6, 6.07) is 9.43. The average Bonchev–Trinajstić information content (AvgIpc) is 2.39. The molecule has 0 N–H and O–H groups in total. The lowest BCUT2D eigenvalue weighted by Gasteiger charge is -2.07. The summed E-state index contributed by atoms with van der Waals surface area (Å²) >= 11 is 0. The van der Waals surface area contributed by atoms with E-state index < -0.39 is 0 Å². The van der Waals surface area contributed by atoms with Crippen molar-refractivity contribution >= 4 is 6.29 Å². The van der Waals surface area contributed by atoms with Gasteiger partial charge in [0.25, 0.3) is 0 Å². The number of benzene rings is 1. The van der Waals surface area contributed by atoms with Crippen molar-refractivity contribution < 1.29 is 9.53 Å². The Morgan fingerprint density at radius 2 is 1.94 bits per heavy atom. The summed E-state index contributed by atoms with van der Waals surface area (Å²) < 4.78 is 5.17. The fourth-order valence-corrected chi connectivity index (χ4v) is 1.63. The first-order chi connectivity index (χ1) is 8.24. The summed E-state index contributed by atoms with van der Waals surface area (Å²) in [7, 11) is 1.56. The van der Waals surface area contributed by atoms with Crippen LogP contribution in [0, 0.1) is 6.92 Å². The number of rotatable bonds is 3. The molecule has 2 aromatic rings. The van der Waals surface area contributed by atoms with Crippen molar-refractivity contribution in [3.63, 3.8) is 0 Å². The van der Waals surface area contributed by atoms with Crippen LogP contribution in [-0.2, 0) is 0 Å². The number of aldehydes is 1. The van der Waals surface area contributed by atoms with Crippen molar-refractivity contribution in [1.29, 1.82) is 0 Å². The minimum atomic E-state index is 0.552. The van der Waals surface area contributed by atoms with Gasteiger partial charge in [0.2, 0.25) is 0 Å². The lowest BCUT2D eigenvalue weighted by molar-refractivity contribution is 0.112. The number of nitrogens with zero attached hydrogens (tertiary/aromatic N) is 1. The van der Waals surface area contributed by atoms with Crippen LogP contribution in [0.5, 0.6) is 5.75 Å². The second kappa shape index (κ2) is 4.78. The number of aryl methyl sites for hydroxylation is 1. The number of ether oxygens (including phenoxy) is 1. The Morgan fingerprint density at radius 1 is 1.18 bits per heavy atom. The molecule has 2 rings (SSSR count). The van der Waals surface area contributed by atoms with Crippen LogP contribution in [0.3, 0.4) is 0 Å². The summed E-state index contributed by atoms with van der Waals surface area (Å²) in [6.45, 7) is 1.94. The minimum Gasteiger partial charge on any atom is -0.496 e. The largest absolute Gasteiger partial charge is 0.496 e. The molecule has 0 spiro atoms. The van der Waals surface area contributed by atoms with Gasteiger partial charge >= 0.3 is 0 Å². The summed E-state index contributed by atoms with van der Waals surface area (Å²) in [6.07, 6.45) is 2.60. The molecule has 0 atom stereocenters. The third-order valence-electron chi connectivity index (χ3n) is 2.61.